The molecule has 3 heterocycles. The SMILES string of the molecule is Cn1ccnc1C1CNCCN1C(=O)Cn1ccc([N+](=O)[O-])n1. The summed E-state index contributed by atoms with van der Waals surface area (Å²) in [4.78, 5) is 28.7. The van der Waals surface area contributed by atoms with E-state index in [1.54, 1.807) is 11.1 Å². The lowest BCUT2D eigenvalue weighted by molar-refractivity contribution is -0.389. The van der Waals surface area contributed by atoms with Crippen LogP contribution in [0.15, 0.2) is 24.7 Å². The summed E-state index contributed by atoms with van der Waals surface area (Å²) in [6.45, 7) is 1.84. The van der Waals surface area contributed by atoms with Gasteiger partial charge in [0, 0.05) is 39.1 Å². The molecule has 10 nitrogen and oxygen atoms in total. The predicted molar refractivity (Wildman–Crippen MR) is 79.4 cm³/mol. The summed E-state index contributed by atoms with van der Waals surface area (Å²) in [5.41, 5.74) is 0. The Bertz CT molecular complexity index is 723. The molecule has 10 heteroatoms. The molecular weight excluding hydrogens is 302 g/mol. The Balaban J connectivity index is 1.76. The summed E-state index contributed by atoms with van der Waals surface area (Å²) >= 11 is 0. The van der Waals surface area contributed by atoms with Gasteiger partial charge >= 0.3 is 5.82 Å². The number of carbonyl (C=O) groups excluding carboxylic acids is 1. The number of nitro groups is 1. The van der Waals surface area contributed by atoms with E-state index in [1.807, 2.05) is 17.8 Å². The molecule has 0 spiro atoms. The van der Waals surface area contributed by atoms with Crippen molar-refractivity contribution in [3.63, 3.8) is 0 Å². The maximum absolute atomic E-state index is 12.6. The fourth-order valence-corrected chi connectivity index (χ4v) is 2.70. The van der Waals surface area contributed by atoms with Crippen molar-refractivity contribution in [1.82, 2.24) is 29.5 Å². The van der Waals surface area contributed by atoms with E-state index in [-0.39, 0.29) is 24.3 Å². The van der Waals surface area contributed by atoms with Gasteiger partial charge in [0.2, 0.25) is 5.91 Å². The average molecular weight is 319 g/mol. The van der Waals surface area contributed by atoms with Crippen LogP contribution in [0.1, 0.15) is 11.9 Å². The first-order valence-electron chi connectivity index (χ1n) is 7.21. The molecule has 1 amide bonds. The lowest BCUT2D eigenvalue weighted by Gasteiger charge is -2.35. The molecule has 2 aromatic heterocycles. The maximum atomic E-state index is 12.6. The van der Waals surface area contributed by atoms with E-state index in [2.05, 4.69) is 15.4 Å². The first-order valence-corrected chi connectivity index (χ1v) is 7.21. The molecule has 0 aromatic carbocycles. The molecule has 23 heavy (non-hydrogen) atoms. The normalized spacial score (nSPS) is 18.1. The Morgan fingerprint density at radius 1 is 1.52 bits per heavy atom. The Morgan fingerprint density at radius 2 is 2.35 bits per heavy atom. The number of aryl methyl sites for hydroxylation is 1. The van der Waals surface area contributed by atoms with Crippen LogP contribution in [-0.2, 0) is 18.4 Å². The fourth-order valence-electron chi connectivity index (χ4n) is 2.70. The van der Waals surface area contributed by atoms with Crippen LogP contribution in [0.4, 0.5) is 5.82 Å². The van der Waals surface area contributed by atoms with Gasteiger partial charge in [-0.3, -0.25) is 4.79 Å². The van der Waals surface area contributed by atoms with Crippen LogP contribution < -0.4 is 5.32 Å². The average Bonchev–Trinajstić information content (AvgIpc) is 3.16. The number of aromatic nitrogens is 4. The van der Waals surface area contributed by atoms with Crippen molar-refractivity contribution < 1.29 is 9.72 Å². The summed E-state index contributed by atoms with van der Waals surface area (Å²) in [6.07, 6.45) is 4.97. The number of carbonyl (C=O) groups is 1. The van der Waals surface area contributed by atoms with Crippen LogP contribution in [0.2, 0.25) is 0 Å². The summed E-state index contributed by atoms with van der Waals surface area (Å²) < 4.78 is 3.18. The zero-order valence-electron chi connectivity index (χ0n) is 12.6. The van der Waals surface area contributed by atoms with E-state index < -0.39 is 4.92 Å². The summed E-state index contributed by atoms with van der Waals surface area (Å²) in [6, 6.07) is 1.11. The van der Waals surface area contributed by atoms with Crippen molar-refractivity contribution in [3.8, 4) is 0 Å². The van der Waals surface area contributed by atoms with Crippen molar-refractivity contribution in [2.45, 2.75) is 12.6 Å². The van der Waals surface area contributed by atoms with Crippen LogP contribution in [0.25, 0.3) is 0 Å². The second-order valence-corrected chi connectivity index (χ2v) is 5.33. The highest BCUT2D eigenvalue weighted by Crippen LogP contribution is 2.21. The maximum Gasteiger partial charge on any atom is 0.389 e. The van der Waals surface area contributed by atoms with Gasteiger partial charge in [-0.15, -0.1) is 0 Å². The third kappa shape index (κ3) is 3.06. The quantitative estimate of drug-likeness (QED) is 0.611. The molecule has 1 aliphatic rings. The van der Waals surface area contributed by atoms with Crippen molar-refractivity contribution in [2.75, 3.05) is 19.6 Å². The molecule has 0 bridgehead atoms. The topological polar surface area (TPSA) is 111 Å². The molecular formula is C13H17N7O3. The van der Waals surface area contributed by atoms with E-state index in [0.29, 0.717) is 19.6 Å². The standard InChI is InChI=1S/C13H17N7O3/c1-17-6-4-15-13(17)10-8-14-3-7-19(10)12(21)9-18-5-2-11(16-18)20(22)23/h2,4-6,10,14H,3,7-9H2,1H3. The highest BCUT2D eigenvalue weighted by molar-refractivity contribution is 5.76. The number of hydrogen-bond donors (Lipinski definition) is 1. The van der Waals surface area contributed by atoms with Crippen LogP contribution in [0.5, 0.6) is 0 Å². The number of piperazine rings is 1. The van der Waals surface area contributed by atoms with Gasteiger partial charge in [-0.1, -0.05) is 0 Å². The summed E-state index contributed by atoms with van der Waals surface area (Å²) in [5, 5.41) is 17.7. The van der Waals surface area contributed by atoms with E-state index >= 15 is 0 Å². The van der Waals surface area contributed by atoms with E-state index in [0.717, 1.165) is 5.82 Å². The monoisotopic (exact) mass is 319 g/mol. The third-order valence-electron chi connectivity index (χ3n) is 3.83. The molecule has 1 saturated heterocycles. The number of nitrogens with one attached hydrogen (secondary N) is 1. The Labute approximate surface area is 131 Å². The molecule has 1 atom stereocenters. The first-order chi connectivity index (χ1) is 11.1. The number of imidazole rings is 1. The largest absolute Gasteiger partial charge is 0.389 e. The second-order valence-electron chi connectivity index (χ2n) is 5.33. The highest BCUT2D eigenvalue weighted by atomic mass is 16.6. The van der Waals surface area contributed by atoms with Crippen molar-refractivity contribution in [2.24, 2.45) is 7.05 Å². The minimum Gasteiger partial charge on any atom is -0.358 e. The number of hydrogen-bond acceptors (Lipinski definition) is 6. The molecule has 3 rings (SSSR count). The minimum atomic E-state index is -0.581. The van der Waals surface area contributed by atoms with Gasteiger partial charge in [-0.05, 0) is 4.92 Å². The minimum absolute atomic E-state index is 0.0330. The molecule has 0 saturated carbocycles. The molecule has 0 radical (unpaired) electrons. The zero-order valence-corrected chi connectivity index (χ0v) is 12.6. The predicted octanol–water partition coefficient (Wildman–Crippen LogP) is -0.302. The zero-order chi connectivity index (χ0) is 16.4. The van der Waals surface area contributed by atoms with Gasteiger partial charge in [0.1, 0.15) is 18.4 Å². The molecule has 0 aliphatic carbocycles. The van der Waals surface area contributed by atoms with Gasteiger partial charge in [0.05, 0.1) is 17.4 Å². The number of nitrogens with zero attached hydrogens (tertiary/aromatic N) is 6. The van der Waals surface area contributed by atoms with Gasteiger partial charge in [-0.2, -0.15) is 4.68 Å². The van der Waals surface area contributed by atoms with Gasteiger partial charge in [0.25, 0.3) is 0 Å². The van der Waals surface area contributed by atoms with E-state index in [4.69, 9.17) is 0 Å². The number of amides is 1. The lowest BCUT2D eigenvalue weighted by atomic mass is 10.1. The fraction of sp³-hybridized carbons (Fsp3) is 0.462. The van der Waals surface area contributed by atoms with Gasteiger partial charge in [-0.25, -0.2) is 4.98 Å². The van der Waals surface area contributed by atoms with Crippen molar-refractivity contribution >= 4 is 11.7 Å². The molecule has 2 aromatic rings. The van der Waals surface area contributed by atoms with Gasteiger partial charge in [0.15, 0.2) is 0 Å². The molecule has 1 aliphatic heterocycles. The van der Waals surface area contributed by atoms with Crippen molar-refractivity contribution in [3.05, 3.63) is 40.6 Å². The van der Waals surface area contributed by atoms with Crippen LogP contribution in [0.3, 0.4) is 0 Å². The Hall–Kier alpha value is -2.75. The molecule has 122 valence electrons. The molecule has 1 unspecified atom stereocenters. The third-order valence-corrected chi connectivity index (χ3v) is 3.83. The first kappa shape index (κ1) is 15.2. The highest BCUT2D eigenvalue weighted by Gasteiger charge is 2.31. The van der Waals surface area contributed by atoms with Crippen molar-refractivity contribution in [1.29, 1.82) is 0 Å². The van der Waals surface area contributed by atoms with Crippen LogP contribution in [-0.4, -0.2) is 54.7 Å². The van der Waals surface area contributed by atoms with Gasteiger partial charge < -0.3 is 24.9 Å². The second kappa shape index (κ2) is 6.16. The number of rotatable bonds is 4. The Morgan fingerprint density at radius 3 is 3.00 bits per heavy atom. The lowest BCUT2D eigenvalue weighted by Crippen LogP contribution is -2.50. The summed E-state index contributed by atoms with van der Waals surface area (Å²) in [7, 11) is 1.89. The van der Waals surface area contributed by atoms with E-state index in [1.165, 1.54) is 16.9 Å². The molecule has 1 N–H and O–H groups in total. The van der Waals surface area contributed by atoms with Crippen LogP contribution in [0, 0.1) is 10.1 Å². The van der Waals surface area contributed by atoms with Crippen LogP contribution >= 0.6 is 0 Å². The smallest absolute Gasteiger partial charge is 0.358 e. The Kier molecular flexibility index (Phi) is 4.06. The van der Waals surface area contributed by atoms with E-state index in [9.17, 15) is 14.9 Å². The molecule has 1 fully saturated rings. The summed E-state index contributed by atoms with van der Waals surface area (Å²) in [5.74, 6) is 0.397.